The summed E-state index contributed by atoms with van der Waals surface area (Å²) in [5.74, 6) is 0.507. The molecule has 0 spiro atoms. The lowest BCUT2D eigenvalue weighted by Crippen LogP contribution is -2.26. The van der Waals surface area contributed by atoms with E-state index in [1.807, 2.05) is 6.07 Å². The van der Waals surface area contributed by atoms with Gasteiger partial charge in [0.2, 0.25) is 0 Å². The van der Waals surface area contributed by atoms with Crippen molar-refractivity contribution in [3.63, 3.8) is 0 Å². The summed E-state index contributed by atoms with van der Waals surface area (Å²) in [5.41, 5.74) is 4.92. The average molecular weight is 426 g/mol. The number of nitrogens with one attached hydrogen (secondary N) is 1. The van der Waals surface area contributed by atoms with Gasteiger partial charge in [0.1, 0.15) is 5.75 Å². The number of nitrogens with zero attached hydrogens (tertiary/aromatic N) is 1. The molecule has 2 aromatic carbocycles. The minimum atomic E-state index is -0.352. The van der Waals surface area contributed by atoms with E-state index in [1.54, 1.807) is 0 Å². The highest BCUT2D eigenvalue weighted by molar-refractivity contribution is 6.43. The van der Waals surface area contributed by atoms with E-state index in [1.165, 1.54) is 17.7 Å². The molecule has 0 unspecified atom stereocenters. The SMILES string of the molecule is O=C(COc1cc(Cl)c(Cl)cc1Cl)NN=C1CCC(c2ccccc2)CC1. The quantitative estimate of drug-likeness (QED) is 0.482. The third-order valence-corrected chi connectivity index (χ3v) is 5.52. The first kappa shape index (κ1) is 20.0. The number of benzene rings is 2. The van der Waals surface area contributed by atoms with Crippen molar-refractivity contribution < 1.29 is 9.53 Å². The monoisotopic (exact) mass is 424 g/mol. The molecular weight excluding hydrogens is 407 g/mol. The van der Waals surface area contributed by atoms with Crippen LogP contribution < -0.4 is 10.2 Å². The number of hydrogen-bond donors (Lipinski definition) is 1. The molecule has 4 nitrogen and oxygen atoms in total. The highest BCUT2D eigenvalue weighted by Crippen LogP contribution is 2.34. The summed E-state index contributed by atoms with van der Waals surface area (Å²) in [5, 5.41) is 5.17. The maximum atomic E-state index is 12.0. The maximum absolute atomic E-state index is 12.0. The highest BCUT2D eigenvalue weighted by Gasteiger charge is 2.19. The Labute approximate surface area is 173 Å². The predicted molar refractivity (Wildman–Crippen MR) is 110 cm³/mol. The van der Waals surface area contributed by atoms with Crippen LogP contribution in [-0.4, -0.2) is 18.2 Å². The summed E-state index contributed by atoms with van der Waals surface area (Å²) >= 11 is 17.8. The fraction of sp³-hybridized carbons (Fsp3) is 0.300. The second kappa shape index (κ2) is 9.45. The van der Waals surface area contributed by atoms with E-state index < -0.39 is 0 Å². The molecule has 0 radical (unpaired) electrons. The van der Waals surface area contributed by atoms with Gasteiger partial charge in [0, 0.05) is 11.8 Å². The lowest BCUT2D eigenvalue weighted by atomic mass is 9.83. The Morgan fingerprint density at radius 2 is 1.70 bits per heavy atom. The van der Waals surface area contributed by atoms with Gasteiger partial charge in [-0.1, -0.05) is 65.1 Å². The number of halogens is 3. The maximum Gasteiger partial charge on any atom is 0.277 e. The van der Waals surface area contributed by atoms with Crippen LogP contribution in [0.3, 0.4) is 0 Å². The van der Waals surface area contributed by atoms with Gasteiger partial charge in [0.15, 0.2) is 6.61 Å². The van der Waals surface area contributed by atoms with E-state index >= 15 is 0 Å². The van der Waals surface area contributed by atoms with Gasteiger partial charge in [-0.2, -0.15) is 5.10 Å². The van der Waals surface area contributed by atoms with Crippen molar-refractivity contribution in [1.82, 2.24) is 5.43 Å². The molecule has 0 bridgehead atoms. The Morgan fingerprint density at radius 1 is 1.04 bits per heavy atom. The van der Waals surface area contributed by atoms with E-state index in [9.17, 15) is 4.79 Å². The van der Waals surface area contributed by atoms with Crippen LogP contribution >= 0.6 is 34.8 Å². The molecule has 1 amide bonds. The zero-order chi connectivity index (χ0) is 19.2. The first-order valence-electron chi connectivity index (χ1n) is 8.69. The molecule has 1 aliphatic rings. The van der Waals surface area contributed by atoms with Crippen LogP contribution in [0.2, 0.25) is 15.1 Å². The van der Waals surface area contributed by atoms with Crippen LogP contribution in [-0.2, 0) is 4.79 Å². The molecule has 142 valence electrons. The fourth-order valence-electron chi connectivity index (χ4n) is 3.05. The Kier molecular flexibility index (Phi) is 7.00. The first-order valence-corrected chi connectivity index (χ1v) is 9.83. The molecule has 1 aliphatic carbocycles. The molecule has 7 heteroatoms. The van der Waals surface area contributed by atoms with Crippen LogP contribution in [0, 0.1) is 0 Å². The molecule has 3 rings (SSSR count). The minimum absolute atomic E-state index is 0.207. The normalized spacial score (nSPS) is 16.7. The molecule has 0 heterocycles. The van der Waals surface area contributed by atoms with Gasteiger partial charge in [0.05, 0.1) is 15.1 Å². The average Bonchev–Trinajstić information content (AvgIpc) is 2.69. The van der Waals surface area contributed by atoms with Crippen molar-refractivity contribution in [3.8, 4) is 5.75 Å². The first-order chi connectivity index (χ1) is 13.0. The third-order valence-electron chi connectivity index (χ3n) is 4.51. The van der Waals surface area contributed by atoms with E-state index in [0.29, 0.717) is 26.7 Å². The molecule has 0 aliphatic heterocycles. The number of hydrogen-bond acceptors (Lipinski definition) is 3. The van der Waals surface area contributed by atoms with Crippen molar-refractivity contribution in [2.75, 3.05) is 6.61 Å². The van der Waals surface area contributed by atoms with Crippen molar-refractivity contribution >= 4 is 46.4 Å². The number of amides is 1. The fourth-order valence-corrected chi connectivity index (χ4v) is 3.64. The number of hydrazone groups is 1. The molecule has 1 saturated carbocycles. The Morgan fingerprint density at radius 3 is 2.41 bits per heavy atom. The Bertz CT molecular complexity index is 831. The third kappa shape index (κ3) is 5.61. The van der Waals surface area contributed by atoms with Crippen molar-refractivity contribution in [3.05, 3.63) is 63.1 Å². The zero-order valence-corrected chi connectivity index (χ0v) is 16.8. The Hall–Kier alpha value is -1.75. The topological polar surface area (TPSA) is 50.7 Å². The van der Waals surface area contributed by atoms with E-state index in [0.717, 1.165) is 31.4 Å². The summed E-state index contributed by atoms with van der Waals surface area (Å²) in [6.45, 7) is -0.207. The van der Waals surface area contributed by atoms with Gasteiger partial charge < -0.3 is 4.74 Å². The Balaban J connectivity index is 1.46. The smallest absolute Gasteiger partial charge is 0.277 e. The minimum Gasteiger partial charge on any atom is -0.482 e. The van der Waals surface area contributed by atoms with Crippen molar-refractivity contribution in [1.29, 1.82) is 0 Å². The molecule has 1 fully saturated rings. The number of ether oxygens (including phenoxy) is 1. The lowest BCUT2D eigenvalue weighted by molar-refractivity contribution is -0.123. The van der Waals surface area contributed by atoms with Gasteiger partial charge in [-0.25, -0.2) is 5.43 Å². The molecule has 2 aromatic rings. The molecule has 0 atom stereocenters. The summed E-state index contributed by atoms with van der Waals surface area (Å²) < 4.78 is 5.39. The molecule has 1 N–H and O–H groups in total. The van der Waals surface area contributed by atoms with Gasteiger partial charge in [0.25, 0.3) is 5.91 Å². The van der Waals surface area contributed by atoms with Gasteiger partial charge >= 0.3 is 0 Å². The van der Waals surface area contributed by atoms with Crippen molar-refractivity contribution in [2.45, 2.75) is 31.6 Å². The zero-order valence-electron chi connectivity index (χ0n) is 14.6. The summed E-state index contributed by atoms with van der Waals surface area (Å²) in [6, 6.07) is 13.5. The van der Waals surface area contributed by atoms with Gasteiger partial charge in [-0.15, -0.1) is 0 Å². The second-order valence-corrected chi connectivity index (χ2v) is 7.60. The molecule has 27 heavy (non-hydrogen) atoms. The summed E-state index contributed by atoms with van der Waals surface area (Å²) in [6.07, 6.45) is 3.82. The molecule has 0 aromatic heterocycles. The number of rotatable bonds is 5. The van der Waals surface area contributed by atoms with E-state index in [2.05, 4.69) is 34.8 Å². The lowest BCUT2D eigenvalue weighted by Gasteiger charge is -2.23. The van der Waals surface area contributed by atoms with Crippen molar-refractivity contribution in [2.24, 2.45) is 5.10 Å². The van der Waals surface area contributed by atoms with Crippen LogP contribution in [0.1, 0.15) is 37.2 Å². The second-order valence-electron chi connectivity index (χ2n) is 6.38. The standard InChI is InChI=1S/C20H19Cl3N2O2/c21-16-10-18(23)19(11-17(16)22)27-12-20(26)25-24-15-8-6-14(7-9-15)13-4-2-1-3-5-13/h1-5,10-11,14H,6-9,12H2,(H,25,26). The molecule has 0 saturated heterocycles. The largest absolute Gasteiger partial charge is 0.482 e. The predicted octanol–water partition coefficient (Wildman–Crippen LogP) is 5.86. The van der Waals surface area contributed by atoms with Crippen LogP contribution in [0.4, 0.5) is 0 Å². The van der Waals surface area contributed by atoms with Crippen LogP contribution in [0.15, 0.2) is 47.6 Å². The van der Waals surface area contributed by atoms with Gasteiger partial charge in [-0.3, -0.25) is 4.79 Å². The highest BCUT2D eigenvalue weighted by atomic mass is 35.5. The summed E-state index contributed by atoms with van der Waals surface area (Å²) in [4.78, 5) is 12.0. The number of carbonyl (C=O) groups excluding carboxylic acids is 1. The van der Waals surface area contributed by atoms with E-state index in [4.69, 9.17) is 39.5 Å². The number of carbonyl (C=O) groups is 1. The molecular formula is C20H19Cl3N2O2. The summed E-state index contributed by atoms with van der Waals surface area (Å²) in [7, 11) is 0. The van der Waals surface area contributed by atoms with E-state index in [-0.39, 0.29) is 12.5 Å². The van der Waals surface area contributed by atoms with Crippen LogP contribution in [0.5, 0.6) is 5.75 Å². The van der Waals surface area contributed by atoms with Crippen LogP contribution in [0.25, 0.3) is 0 Å². The van der Waals surface area contributed by atoms with Gasteiger partial charge in [-0.05, 0) is 43.2 Å².